The molecule has 0 unspecified atom stereocenters. The van der Waals surface area contributed by atoms with Crippen LogP contribution in [0.2, 0.25) is 0 Å². The molecule has 3 aliphatic carbocycles. The molecule has 1 aromatic carbocycles. The molecule has 0 aromatic heterocycles. The minimum atomic E-state index is -0.267. The zero-order chi connectivity index (χ0) is 23.5. The number of fused-ring (bicyclic) bond motifs is 5. The van der Waals surface area contributed by atoms with Crippen molar-refractivity contribution in [2.45, 2.75) is 72.3 Å². The zero-order valence-corrected chi connectivity index (χ0v) is 20.4. The van der Waals surface area contributed by atoms with Gasteiger partial charge in [0.15, 0.2) is 0 Å². The number of hydrogen-bond donors (Lipinski definition) is 1. The zero-order valence-electron chi connectivity index (χ0n) is 20.4. The molecule has 5 rings (SSSR count). The predicted molar refractivity (Wildman–Crippen MR) is 126 cm³/mol. The predicted octanol–water partition coefficient (Wildman–Crippen LogP) is 5.44. The van der Waals surface area contributed by atoms with E-state index in [1.807, 2.05) is 18.0 Å². The van der Waals surface area contributed by atoms with E-state index in [0.29, 0.717) is 30.7 Å². The number of nitrogens with zero attached hydrogens (tertiary/aromatic N) is 1. The summed E-state index contributed by atoms with van der Waals surface area (Å²) in [6.07, 6.45) is 6.86. The van der Waals surface area contributed by atoms with Gasteiger partial charge in [0.25, 0.3) is 0 Å². The van der Waals surface area contributed by atoms with Gasteiger partial charge in [0.2, 0.25) is 11.8 Å². The third-order valence-electron chi connectivity index (χ3n) is 9.98. The number of allylic oxidation sites excluding steroid dienone is 2. The molecular weight excluding hydrogens is 415 g/mol. The first-order valence-electron chi connectivity index (χ1n) is 12.6. The Bertz CT molecular complexity index is 1020. The molecule has 0 spiro atoms. The van der Waals surface area contributed by atoms with Gasteiger partial charge in [-0.05, 0) is 86.3 Å². The van der Waals surface area contributed by atoms with Gasteiger partial charge in [-0.1, -0.05) is 31.6 Å². The lowest BCUT2D eigenvalue weighted by Gasteiger charge is -2.59. The van der Waals surface area contributed by atoms with Crippen LogP contribution in [0.1, 0.15) is 71.3 Å². The highest BCUT2D eigenvalue weighted by Gasteiger charge is 2.61. The van der Waals surface area contributed by atoms with Crippen LogP contribution in [0.3, 0.4) is 0 Å². The van der Waals surface area contributed by atoms with Crippen LogP contribution in [-0.2, 0) is 16.1 Å². The molecule has 6 atom stereocenters. The van der Waals surface area contributed by atoms with Gasteiger partial charge in [-0.2, -0.15) is 0 Å². The first kappa shape index (κ1) is 22.6. The molecule has 2 amide bonds. The lowest BCUT2D eigenvalue weighted by molar-refractivity contribution is -0.138. The summed E-state index contributed by atoms with van der Waals surface area (Å²) in [5.74, 6) is 1.83. The van der Waals surface area contributed by atoms with Crippen LogP contribution in [0.5, 0.6) is 0 Å². The number of rotatable bonds is 3. The van der Waals surface area contributed by atoms with Crippen molar-refractivity contribution in [2.75, 3.05) is 7.05 Å². The summed E-state index contributed by atoms with van der Waals surface area (Å²) >= 11 is 0. The number of halogens is 1. The van der Waals surface area contributed by atoms with Gasteiger partial charge in [-0.15, -0.1) is 0 Å². The van der Waals surface area contributed by atoms with Gasteiger partial charge in [0.1, 0.15) is 5.82 Å². The maximum absolute atomic E-state index is 13.5. The maximum Gasteiger partial charge on any atom is 0.226 e. The maximum atomic E-state index is 13.5. The lowest BCUT2D eigenvalue weighted by atomic mass is 9.48. The Morgan fingerprint density at radius 1 is 1.18 bits per heavy atom. The fourth-order valence-corrected chi connectivity index (χ4v) is 8.50. The molecule has 3 fully saturated rings. The van der Waals surface area contributed by atoms with Crippen LogP contribution in [-0.4, -0.2) is 23.8 Å². The first-order chi connectivity index (χ1) is 15.6. The van der Waals surface area contributed by atoms with Crippen molar-refractivity contribution in [2.24, 2.45) is 34.5 Å². The van der Waals surface area contributed by atoms with Gasteiger partial charge >= 0.3 is 0 Å². The topological polar surface area (TPSA) is 49.4 Å². The van der Waals surface area contributed by atoms with Gasteiger partial charge in [0.05, 0.1) is 0 Å². The summed E-state index contributed by atoms with van der Waals surface area (Å²) < 4.78 is 13.5. The SMILES string of the molecule is CC1=C2N(C)C(=O)CC[C@]2(C)[C@H]2CC[C@]3(C)[C@@H](C(=O)NCc4cccc(F)c4)CC[C@H]3[C@@H]2C1. The Morgan fingerprint density at radius 2 is 1.97 bits per heavy atom. The molecule has 4 aliphatic rings. The largest absolute Gasteiger partial charge is 0.352 e. The van der Waals surface area contributed by atoms with Crippen molar-refractivity contribution < 1.29 is 14.0 Å². The van der Waals surface area contributed by atoms with Gasteiger partial charge < -0.3 is 10.2 Å². The Morgan fingerprint density at radius 3 is 2.73 bits per heavy atom. The Hall–Kier alpha value is -2.17. The number of hydrogen-bond acceptors (Lipinski definition) is 2. The second-order valence-corrected chi connectivity index (χ2v) is 11.6. The minimum Gasteiger partial charge on any atom is -0.352 e. The molecule has 0 radical (unpaired) electrons. The van der Waals surface area contributed by atoms with E-state index >= 15 is 0 Å². The van der Waals surface area contributed by atoms with Crippen LogP contribution >= 0.6 is 0 Å². The molecule has 1 N–H and O–H groups in total. The fraction of sp³-hybridized carbons (Fsp3) is 0.643. The monoisotopic (exact) mass is 452 g/mol. The highest BCUT2D eigenvalue weighted by molar-refractivity contribution is 5.80. The molecule has 0 bridgehead atoms. The summed E-state index contributed by atoms with van der Waals surface area (Å²) in [6, 6.07) is 6.47. The van der Waals surface area contributed by atoms with Crippen LogP contribution in [0, 0.1) is 40.3 Å². The Balaban J connectivity index is 1.36. The quantitative estimate of drug-likeness (QED) is 0.664. The van der Waals surface area contributed by atoms with Crippen molar-refractivity contribution >= 4 is 11.8 Å². The Labute approximate surface area is 197 Å². The van der Waals surface area contributed by atoms with E-state index in [1.54, 1.807) is 6.07 Å². The van der Waals surface area contributed by atoms with E-state index in [4.69, 9.17) is 0 Å². The number of carbonyl (C=O) groups is 2. The van der Waals surface area contributed by atoms with E-state index in [1.165, 1.54) is 23.4 Å². The number of benzene rings is 1. The van der Waals surface area contributed by atoms with E-state index in [2.05, 4.69) is 26.1 Å². The molecule has 178 valence electrons. The van der Waals surface area contributed by atoms with Gasteiger partial charge in [-0.3, -0.25) is 9.59 Å². The summed E-state index contributed by atoms with van der Waals surface area (Å²) in [5.41, 5.74) is 3.53. The second kappa shape index (κ2) is 7.95. The van der Waals surface area contributed by atoms with Crippen LogP contribution in [0.25, 0.3) is 0 Å². The van der Waals surface area contributed by atoms with Crippen LogP contribution in [0.4, 0.5) is 4.39 Å². The molecule has 1 saturated heterocycles. The smallest absolute Gasteiger partial charge is 0.226 e. The minimum absolute atomic E-state index is 0.0116. The van der Waals surface area contributed by atoms with Crippen molar-refractivity contribution in [1.29, 1.82) is 0 Å². The highest BCUT2D eigenvalue weighted by Crippen LogP contribution is 2.66. The highest BCUT2D eigenvalue weighted by atomic mass is 19.1. The molecule has 1 aliphatic heterocycles. The van der Waals surface area contributed by atoms with Crippen LogP contribution < -0.4 is 5.32 Å². The van der Waals surface area contributed by atoms with Crippen molar-refractivity contribution in [3.63, 3.8) is 0 Å². The van der Waals surface area contributed by atoms with E-state index in [9.17, 15) is 14.0 Å². The number of carbonyl (C=O) groups excluding carboxylic acids is 2. The lowest BCUT2D eigenvalue weighted by Crippen LogP contribution is -2.55. The molecule has 2 saturated carbocycles. The normalized spacial score (nSPS) is 38.0. The first-order valence-corrected chi connectivity index (χ1v) is 12.6. The van der Waals surface area contributed by atoms with Crippen molar-refractivity contribution in [3.8, 4) is 0 Å². The number of likely N-dealkylation sites (tertiary alicyclic amines) is 1. The molecule has 5 heteroatoms. The van der Waals surface area contributed by atoms with Crippen molar-refractivity contribution in [1.82, 2.24) is 10.2 Å². The number of nitrogens with one attached hydrogen (secondary N) is 1. The third-order valence-corrected chi connectivity index (χ3v) is 9.98. The second-order valence-electron chi connectivity index (χ2n) is 11.6. The number of piperidine rings is 1. The molecule has 1 aromatic rings. The fourth-order valence-electron chi connectivity index (χ4n) is 8.50. The summed E-state index contributed by atoms with van der Waals surface area (Å²) in [4.78, 5) is 27.7. The average Bonchev–Trinajstić information content (AvgIpc) is 3.12. The molecular formula is C28H37FN2O2. The van der Waals surface area contributed by atoms with Gasteiger partial charge in [0, 0.05) is 37.0 Å². The third kappa shape index (κ3) is 3.45. The van der Waals surface area contributed by atoms with Gasteiger partial charge in [-0.25, -0.2) is 4.39 Å². The van der Waals surface area contributed by atoms with E-state index < -0.39 is 0 Å². The Kier molecular flexibility index (Phi) is 5.45. The summed E-state index contributed by atoms with van der Waals surface area (Å²) in [7, 11) is 1.96. The average molecular weight is 453 g/mol. The molecule has 1 heterocycles. The van der Waals surface area contributed by atoms with E-state index in [0.717, 1.165) is 44.1 Å². The summed E-state index contributed by atoms with van der Waals surface area (Å²) in [6.45, 7) is 7.35. The molecule has 4 nitrogen and oxygen atoms in total. The van der Waals surface area contributed by atoms with Crippen molar-refractivity contribution in [3.05, 3.63) is 46.9 Å². The standard InChI is InChI=1S/C28H37FN2O2/c1-17-14-20-21-8-9-23(26(33)30-16-18-6-5-7-19(29)15-18)27(21,2)12-10-22(20)28(3)13-11-24(32)31(4)25(17)28/h5-7,15,20-23H,8-14,16H2,1-4H3,(H,30,33)/t20-,21-,22-,23+,27-,28+/m0/s1. The molecule has 33 heavy (non-hydrogen) atoms. The summed E-state index contributed by atoms with van der Waals surface area (Å²) in [5, 5.41) is 3.11. The van der Waals surface area contributed by atoms with E-state index in [-0.39, 0.29) is 34.4 Å². The number of amides is 2. The van der Waals surface area contributed by atoms with Crippen LogP contribution in [0.15, 0.2) is 35.5 Å².